The van der Waals surface area contributed by atoms with Crippen molar-refractivity contribution in [2.75, 3.05) is 19.6 Å². The van der Waals surface area contributed by atoms with Crippen LogP contribution in [0.1, 0.15) is 51.7 Å². The van der Waals surface area contributed by atoms with Crippen molar-refractivity contribution in [1.29, 1.82) is 5.26 Å². The summed E-state index contributed by atoms with van der Waals surface area (Å²) in [6, 6.07) is 18.2. The molecule has 0 amide bonds. The quantitative estimate of drug-likeness (QED) is 0.538. The molecule has 2 aliphatic heterocycles. The third kappa shape index (κ3) is 5.27. The number of hydrogen-bond donors (Lipinski definition) is 1. The molecule has 1 unspecified atom stereocenters. The summed E-state index contributed by atoms with van der Waals surface area (Å²) < 4.78 is 18.4. The fourth-order valence-electron chi connectivity index (χ4n) is 4.75. The molecule has 0 aromatic heterocycles. The second-order valence-electron chi connectivity index (χ2n) is 9.66. The number of para-hydroxylation sites is 2. The summed E-state index contributed by atoms with van der Waals surface area (Å²) >= 11 is 0. The lowest BCUT2D eigenvalue weighted by Gasteiger charge is -2.38. The van der Waals surface area contributed by atoms with Crippen molar-refractivity contribution >= 4 is 6.08 Å². The zero-order valence-electron chi connectivity index (χ0n) is 21.7. The molecule has 0 bridgehead atoms. The van der Waals surface area contributed by atoms with Crippen LogP contribution in [0.15, 0.2) is 76.9 Å². The molecular formula is C30H35N3O3. The van der Waals surface area contributed by atoms with E-state index in [0.717, 1.165) is 46.1 Å². The van der Waals surface area contributed by atoms with E-state index in [2.05, 4.69) is 24.0 Å². The fourth-order valence-corrected chi connectivity index (χ4v) is 4.75. The van der Waals surface area contributed by atoms with Crippen LogP contribution >= 0.6 is 0 Å². The molecule has 0 saturated carbocycles. The molecule has 1 atom stereocenters. The number of ether oxygens (including phenoxy) is 3. The minimum Gasteiger partial charge on any atom is -0.491 e. The molecule has 6 nitrogen and oxygen atoms in total. The molecule has 188 valence electrons. The van der Waals surface area contributed by atoms with Crippen LogP contribution in [0.2, 0.25) is 0 Å². The predicted molar refractivity (Wildman–Crippen MR) is 142 cm³/mol. The molecule has 2 aliphatic rings. The van der Waals surface area contributed by atoms with Gasteiger partial charge in [0.15, 0.2) is 0 Å². The highest BCUT2D eigenvalue weighted by atomic mass is 16.5. The predicted octanol–water partition coefficient (Wildman–Crippen LogP) is 5.74. The van der Waals surface area contributed by atoms with E-state index < -0.39 is 0 Å². The molecule has 0 fully saturated rings. The standard InChI is InChI=1S/C30H35N3O3/c1-6-33-17-22(15-21-11-7-9-13-26(21)34-19(2)3)29-25(18-33)28(24(16-31)30(32)36-29)23-12-8-10-14-27(23)35-20(4)5/h7-15,19-20,28H,6,17-18,32H2,1-5H3/b22-15+. The van der Waals surface area contributed by atoms with Crippen LogP contribution in [0.4, 0.5) is 0 Å². The van der Waals surface area contributed by atoms with Crippen LogP contribution in [0.3, 0.4) is 0 Å². The molecule has 0 radical (unpaired) electrons. The number of rotatable bonds is 7. The van der Waals surface area contributed by atoms with E-state index in [4.69, 9.17) is 19.9 Å². The van der Waals surface area contributed by atoms with Crippen molar-refractivity contribution in [3.8, 4) is 17.6 Å². The topological polar surface area (TPSA) is 80.7 Å². The van der Waals surface area contributed by atoms with Gasteiger partial charge in [-0.05, 0) is 58.0 Å². The van der Waals surface area contributed by atoms with E-state index in [0.29, 0.717) is 18.7 Å². The summed E-state index contributed by atoms with van der Waals surface area (Å²) in [5.41, 5.74) is 10.7. The molecule has 2 aromatic rings. The number of allylic oxidation sites excluding steroid dienone is 1. The van der Waals surface area contributed by atoms with Crippen molar-refractivity contribution in [1.82, 2.24) is 4.90 Å². The highest BCUT2D eigenvalue weighted by molar-refractivity contribution is 5.67. The maximum Gasteiger partial charge on any atom is 0.205 e. The van der Waals surface area contributed by atoms with Crippen molar-refractivity contribution in [3.05, 3.63) is 88.0 Å². The Morgan fingerprint density at radius 2 is 1.67 bits per heavy atom. The minimum atomic E-state index is -0.353. The first kappa shape index (κ1) is 25.4. The molecule has 36 heavy (non-hydrogen) atoms. The molecular weight excluding hydrogens is 450 g/mol. The van der Waals surface area contributed by atoms with Gasteiger partial charge in [-0.15, -0.1) is 0 Å². The Hall–Kier alpha value is -3.69. The number of hydrogen-bond acceptors (Lipinski definition) is 6. The molecule has 6 heteroatoms. The summed E-state index contributed by atoms with van der Waals surface area (Å²) in [7, 11) is 0. The monoisotopic (exact) mass is 485 g/mol. The van der Waals surface area contributed by atoms with Crippen LogP contribution in [-0.4, -0.2) is 36.7 Å². The molecule has 2 N–H and O–H groups in total. The van der Waals surface area contributed by atoms with Crippen molar-refractivity contribution in [2.45, 2.75) is 52.7 Å². The Bertz CT molecular complexity index is 1250. The van der Waals surface area contributed by atoms with E-state index in [1.807, 2.05) is 76.2 Å². The molecule has 0 saturated heterocycles. The summed E-state index contributed by atoms with van der Waals surface area (Å²) in [6.07, 6.45) is 2.17. The van der Waals surface area contributed by atoms with Crippen molar-refractivity contribution < 1.29 is 14.2 Å². The lowest BCUT2D eigenvalue weighted by Crippen LogP contribution is -2.38. The Kier molecular flexibility index (Phi) is 7.71. The Balaban J connectivity index is 1.89. The number of nitriles is 1. The average molecular weight is 486 g/mol. The number of likely N-dealkylation sites (N-methyl/N-ethyl adjacent to an activating group) is 1. The first-order chi connectivity index (χ1) is 17.3. The normalized spacial score (nSPS) is 19.4. The smallest absolute Gasteiger partial charge is 0.205 e. The second kappa shape index (κ2) is 10.9. The van der Waals surface area contributed by atoms with E-state index in [9.17, 15) is 5.26 Å². The van der Waals surface area contributed by atoms with Crippen LogP contribution < -0.4 is 15.2 Å². The SMILES string of the molecule is CCN1CC2=C(OC(N)=C(C#N)C2c2ccccc2OC(C)C)/C(=C/c2ccccc2OC(C)C)C1. The second-order valence-corrected chi connectivity index (χ2v) is 9.66. The van der Waals surface area contributed by atoms with Gasteiger partial charge >= 0.3 is 0 Å². The molecule has 4 rings (SSSR count). The first-order valence-electron chi connectivity index (χ1n) is 12.6. The number of nitrogens with zero attached hydrogens (tertiary/aromatic N) is 2. The Morgan fingerprint density at radius 3 is 2.33 bits per heavy atom. The summed E-state index contributed by atoms with van der Waals surface area (Å²) in [6.45, 7) is 12.4. The molecule has 0 spiro atoms. The molecule has 2 heterocycles. The average Bonchev–Trinajstić information content (AvgIpc) is 2.84. The third-order valence-corrected chi connectivity index (χ3v) is 6.26. The zero-order valence-corrected chi connectivity index (χ0v) is 21.7. The zero-order chi connectivity index (χ0) is 25.8. The fraction of sp³-hybridized carbons (Fsp3) is 0.367. The van der Waals surface area contributed by atoms with Gasteiger partial charge in [0.2, 0.25) is 5.88 Å². The molecule has 0 aliphatic carbocycles. The van der Waals surface area contributed by atoms with Crippen molar-refractivity contribution in [3.63, 3.8) is 0 Å². The van der Waals surface area contributed by atoms with Crippen LogP contribution in [0.25, 0.3) is 6.08 Å². The molecule has 2 aromatic carbocycles. The van der Waals surface area contributed by atoms with Gasteiger partial charge in [-0.2, -0.15) is 5.26 Å². The third-order valence-electron chi connectivity index (χ3n) is 6.26. The van der Waals surface area contributed by atoms with Gasteiger partial charge in [-0.3, -0.25) is 4.90 Å². The largest absolute Gasteiger partial charge is 0.491 e. The maximum absolute atomic E-state index is 10.1. The van der Waals surface area contributed by atoms with Crippen molar-refractivity contribution in [2.24, 2.45) is 5.73 Å². The highest BCUT2D eigenvalue weighted by Gasteiger charge is 2.38. The van der Waals surface area contributed by atoms with E-state index >= 15 is 0 Å². The lowest BCUT2D eigenvalue weighted by molar-refractivity contribution is 0.230. The minimum absolute atomic E-state index is 0.00212. The van der Waals surface area contributed by atoms with Gasteiger partial charge in [-0.1, -0.05) is 43.3 Å². The Morgan fingerprint density at radius 1 is 1.03 bits per heavy atom. The summed E-state index contributed by atoms with van der Waals surface area (Å²) in [5.74, 6) is 2.10. The first-order valence-corrected chi connectivity index (χ1v) is 12.6. The van der Waals surface area contributed by atoms with Gasteiger partial charge < -0.3 is 19.9 Å². The van der Waals surface area contributed by atoms with Crippen LogP contribution in [0, 0.1) is 11.3 Å². The van der Waals surface area contributed by atoms with Crippen LogP contribution in [-0.2, 0) is 4.74 Å². The highest BCUT2D eigenvalue weighted by Crippen LogP contribution is 2.46. The maximum atomic E-state index is 10.1. The van der Waals surface area contributed by atoms with Gasteiger partial charge in [0.1, 0.15) is 28.9 Å². The number of nitrogens with two attached hydrogens (primary N) is 1. The lowest BCUT2D eigenvalue weighted by atomic mass is 9.79. The summed E-state index contributed by atoms with van der Waals surface area (Å²) in [4.78, 5) is 2.34. The van der Waals surface area contributed by atoms with E-state index in [1.54, 1.807) is 0 Å². The van der Waals surface area contributed by atoms with E-state index in [1.165, 1.54) is 0 Å². The number of benzene rings is 2. The van der Waals surface area contributed by atoms with Gasteiger partial charge in [0.05, 0.1) is 18.1 Å². The summed E-state index contributed by atoms with van der Waals surface area (Å²) in [5, 5.41) is 10.1. The van der Waals surface area contributed by atoms with Gasteiger partial charge in [-0.25, -0.2) is 0 Å². The van der Waals surface area contributed by atoms with Crippen LogP contribution in [0.5, 0.6) is 11.5 Å². The van der Waals surface area contributed by atoms with E-state index in [-0.39, 0.29) is 24.0 Å². The Labute approximate surface area is 214 Å². The van der Waals surface area contributed by atoms with Gasteiger partial charge in [0, 0.05) is 29.8 Å². The van der Waals surface area contributed by atoms with Gasteiger partial charge in [0.25, 0.3) is 0 Å².